The molecule has 2 heterocycles. The molecule has 0 saturated carbocycles. The molecule has 0 fully saturated rings. The number of nitrogens with one attached hydrogen (secondary N) is 2. The van der Waals surface area contributed by atoms with Crippen LogP contribution in [0.2, 0.25) is 0 Å². The summed E-state index contributed by atoms with van der Waals surface area (Å²) in [5.41, 5.74) is 0.632. The topological polar surface area (TPSA) is 87.7 Å². The Kier molecular flexibility index (Phi) is 3.65. The van der Waals surface area contributed by atoms with Gasteiger partial charge < -0.3 is 5.32 Å². The molecule has 22 heavy (non-hydrogen) atoms. The molecule has 0 aliphatic heterocycles. The predicted octanol–water partition coefficient (Wildman–Crippen LogP) is 1.81. The van der Waals surface area contributed by atoms with Crippen LogP contribution in [0, 0.1) is 0 Å². The highest BCUT2D eigenvalue weighted by Gasteiger charge is 2.17. The number of hydrogen-bond donors (Lipinski definition) is 2. The zero-order valence-corrected chi connectivity index (χ0v) is 11.9. The Hall–Kier alpha value is -3.02. The van der Waals surface area contributed by atoms with Crippen LogP contribution in [0.3, 0.4) is 0 Å². The lowest BCUT2D eigenvalue weighted by Gasteiger charge is -2.13. The number of rotatable bonds is 3. The van der Waals surface area contributed by atoms with Crippen LogP contribution in [-0.2, 0) is 0 Å². The lowest BCUT2D eigenvalue weighted by atomic mass is 10.1. The minimum absolute atomic E-state index is 0.193. The van der Waals surface area contributed by atoms with E-state index in [2.05, 4.69) is 20.5 Å². The van der Waals surface area contributed by atoms with Crippen LogP contribution in [0.15, 0.2) is 53.5 Å². The first-order valence-electron chi connectivity index (χ1n) is 6.86. The quantitative estimate of drug-likeness (QED) is 0.771. The van der Waals surface area contributed by atoms with Crippen LogP contribution in [0.1, 0.15) is 29.1 Å². The molecule has 1 atom stereocenters. The smallest absolute Gasteiger partial charge is 0.272 e. The van der Waals surface area contributed by atoms with Gasteiger partial charge in [-0.3, -0.25) is 14.6 Å². The van der Waals surface area contributed by atoms with Gasteiger partial charge in [-0.2, -0.15) is 5.10 Å². The number of amides is 1. The Balaban J connectivity index is 1.93. The van der Waals surface area contributed by atoms with Gasteiger partial charge in [0.15, 0.2) is 5.69 Å². The fraction of sp³-hybridized carbons (Fsp3) is 0.125. The summed E-state index contributed by atoms with van der Waals surface area (Å²) in [6.07, 6.45) is 1.67. The van der Waals surface area contributed by atoms with Gasteiger partial charge in [0, 0.05) is 11.6 Å². The molecular formula is C16H14N4O2. The zero-order valence-electron chi connectivity index (χ0n) is 11.9. The second-order valence-corrected chi connectivity index (χ2v) is 4.90. The fourth-order valence-electron chi connectivity index (χ4n) is 2.26. The third-order valence-electron chi connectivity index (χ3n) is 3.39. The number of pyridine rings is 1. The molecule has 6 nitrogen and oxygen atoms in total. The molecule has 0 spiro atoms. The monoisotopic (exact) mass is 294 g/mol. The van der Waals surface area contributed by atoms with Crippen molar-refractivity contribution in [2.75, 3.05) is 0 Å². The first-order valence-corrected chi connectivity index (χ1v) is 6.86. The van der Waals surface area contributed by atoms with Crippen molar-refractivity contribution in [1.82, 2.24) is 20.5 Å². The molecule has 0 saturated heterocycles. The Morgan fingerprint density at radius 1 is 1.14 bits per heavy atom. The van der Waals surface area contributed by atoms with Gasteiger partial charge in [0.1, 0.15) is 0 Å². The summed E-state index contributed by atoms with van der Waals surface area (Å²) < 4.78 is 0. The van der Waals surface area contributed by atoms with Crippen molar-refractivity contribution < 1.29 is 4.79 Å². The number of hydrogen-bond acceptors (Lipinski definition) is 4. The summed E-state index contributed by atoms with van der Waals surface area (Å²) in [6.45, 7) is 1.84. The third-order valence-corrected chi connectivity index (χ3v) is 3.39. The number of carbonyl (C=O) groups is 1. The Labute approximate surface area is 126 Å². The lowest BCUT2D eigenvalue weighted by Crippen LogP contribution is -2.29. The van der Waals surface area contributed by atoms with Gasteiger partial charge in [0.2, 0.25) is 0 Å². The molecular weight excluding hydrogens is 280 g/mol. The minimum atomic E-state index is -0.356. The maximum absolute atomic E-state index is 12.4. The van der Waals surface area contributed by atoms with E-state index in [0.29, 0.717) is 10.8 Å². The summed E-state index contributed by atoms with van der Waals surface area (Å²) in [4.78, 5) is 28.4. The molecule has 0 unspecified atom stereocenters. The Morgan fingerprint density at radius 3 is 2.59 bits per heavy atom. The van der Waals surface area contributed by atoms with Crippen molar-refractivity contribution in [3.63, 3.8) is 0 Å². The van der Waals surface area contributed by atoms with Gasteiger partial charge in [-0.05, 0) is 25.1 Å². The number of aromatic amines is 1. The number of nitrogens with zero attached hydrogens (tertiary/aromatic N) is 2. The highest BCUT2D eigenvalue weighted by molar-refractivity contribution is 6.04. The van der Waals surface area contributed by atoms with E-state index < -0.39 is 0 Å². The summed E-state index contributed by atoms with van der Waals surface area (Å²) >= 11 is 0. The van der Waals surface area contributed by atoms with E-state index in [1.54, 1.807) is 30.5 Å². The van der Waals surface area contributed by atoms with E-state index >= 15 is 0 Å². The second kappa shape index (κ2) is 5.77. The molecule has 0 radical (unpaired) electrons. The van der Waals surface area contributed by atoms with E-state index in [-0.39, 0.29) is 23.2 Å². The molecule has 3 aromatic rings. The first kappa shape index (κ1) is 13.9. The van der Waals surface area contributed by atoms with Crippen LogP contribution in [0.25, 0.3) is 10.8 Å². The first-order chi connectivity index (χ1) is 10.7. The van der Waals surface area contributed by atoms with E-state index in [9.17, 15) is 9.59 Å². The van der Waals surface area contributed by atoms with Gasteiger partial charge in [-0.15, -0.1) is 0 Å². The van der Waals surface area contributed by atoms with Gasteiger partial charge >= 0.3 is 0 Å². The molecule has 3 rings (SSSR count). The average molecular weight is 294 g/mol. The highest BCUT2D eigenvalue weighted by atomic mass is 16.2. The average Bonchev–Trinajstić information content (AvgIpc) is 2.56. The van der Waals surface area contributed by atoms with Crippen molar-refractivity contribution in [1.29, 1.82) is 0 Å². The maximum Gasteiger partial charge on any atom is 0.272 e. The van der Waals surface area contributed by atoms with Crippen LogP contribution in [0.5, 0.6) is 0 Å². The van der Waals surface area contributed by atoms with Crippen LogP contribution >= 0.6 is 0 Å². The van der Waals surface area contributed by atoms with Gasteiger partial charge in [-0.1, -0.05) is 24.3 Å². The number of benzene rings is 1. The number of H-pyrrole nitrogens is 1. The third kappa shape index (κ3) is 2.58. The zero-order chi connectivity index (χ0) is 15.5. The molecule has 0 aliphatic carbocycles. The molecule has 1 aromatic carbocycles. The van der Waals surface area contributed by atoms with E-state index in [1.807, 2.05) is 25.1 Å². The van der Waals surface area contributed by atoms with Gasteiger partial charge in [-0.25, -0.2) is 5.10 Å². The molecule has 1 amide bonds. The molecule has 2 N–H and O–H groups in total. The second-order valence-electron chi connectivity index (χ2n) is 4.90. The SMILES string of the molecule is C[C@@H](NC(=O)c1n[nH]c(=O)c2ccccc12)c1ccccn1. The fourth-order valence-corrected chi connectivity index (χ4v) is 2.26. The van der Waals surface area contributed by atoms with Crippen LogP contribution in [0.4, 0.5) is 0 Å². The van der Waals surface area contributed by atoms with Crippen molar-refractivity contribution in [3.8, 4) is 0 Å². The van der Waals surface area contributed by atoms with Crippen molar-refractivity contribution in [2.45, 2.75) is 13.0 Å². The van der Waals surface area contributed by atoms with Crippen molar-refractivity contribution >= 4 is 16.7 Å². The summed E-state index contributed by atoms with van der Waals surface area (Å²) in [5, 5.41) is 10.0. The molecule has 0 bridgehead atoms. The molecule has 6 heteroatoms. The van der Waals surface area contributed by atoms with Crippen molar-refractivity contribution in [3.05, 3.63) is 70.4 Å². The van der Waals surface area contributed by atoms with Gasteiger partial charge in [0.25, 0.3) is 11.5 Å². The maximum atomic E-state index is 12.4. The van der Waals surface area contributed by atoms with E-state index in [0.717, 1.165) is 5.69 Å². The van der Waals surface area contributed by atoms with Crippen LogP contribution in [-0.4, -0.2) is 21.1 Å². The van der Waals surface area contributed by atoms with Gasteiger partial charge in [0.05, 0.1) is 17.1 Å². The van der Waals surface area contributed by atoms with Crippen LogP contribution < -0.4 is 10.9 Å². The van der Waals surface area contributed by atoms with E-state index in [1.165, 1.54) is 0 Å². The summed E-state index contributed by atoms with van der Waals surface area (Å²) in [5.74, 6) is -0.356. The molecule has 0 aliphatic rings. The Morgan fingerprint density at radius 2 is 1.86 bits per heavy atom. The number of carbonyl (C=O) groups excluding carboxylic acids is 1. The van der Waals surface area contributed by atoms with E-state index in [4.69, 9.17) is 0 Å². The predicted molar refractivity (Wildman–Crippen MR) is 82.5 cm³/mol. The largest absolute Gasteiger partial charge is 0.343 e. The Bertz CT molecular complexity index is 874. The minimum Gasteiger partial charge on any atom is -0.343 e. The van der Waals surface area contributed by atoms with Crippen molar-refractivity contribution in [2.24, 2.45) is 0 Å². The lowest BCUT2D eigenvalue weighted by molar-refractivity contribution is 0.0935. The number of aromatic nitrogens is 3. The standard InChI is InChI=1S/C16H14N4O2/c1-10(13-8-4-5-9-17-13)18-16(22)14-11-6-2-3-7-12(11)15(21)20-19-14/h2-10H,1H3,(H,18,22)(H,20,21)/t10-/m1/s1. The molecule has 2 aromatic heterocycles. The molecule has 110 valence electrons. The normalized spacial score (nSPS) is 12.0. The summed E-state index contributed by atoms with van der Waals surface area (Å²) in [7, 11) is 0. The summed E-state index contributed by atoms with van der Waals surface area (Å²) in [6, 6.07) is 12.1. The number of fused-ring (bicyclic) bond motifs is 1. The highest BCUT2D eigenvalue weighted by Crippen LogP contribution is 2.14.